The van der Waals surface area contributed by atoms with E-state index >= 15 is 4.39 Å². The molecule has 2 aromatic heterocycles. The number of carboxylic acid groups (broad SMARTS) is 1. The van der Waals surface area contributed by atoms with Gasteiger partial charge in [-0.1, -0.05) is 28.6 Å². The van der Waals surface area contributed by atoms with Crippen molar-refractivity contribution in [2.75, 3.05) is 11.5 Å². The predicted octanol–water partition coefficient (Wildman–Crippen LogP) is 8.14. The summed E-state index contributed by atoms with van der Waals surface area (Å²) >= 11 is 1.11. The molecule has 49 heavy (non-hydrogen) atoms. The summed E-state index contributed by atoms with van der Waals surface area (Å²) in [4.78, 5) is 17.7. The number of aromatic nitrogens is 2. The van der Waals surface area contributed by atoms with E-state index in [0.29, 0.717) is 22.7 Å². The van der Waals surface area contributed by atoms with Crippen molar-refractivity contribution >= 4 is 32.7 Å². The monoisotopic (exact) mass is 719 g/mol. The molecule has 262 valence electrons. The Morgan fingerprint density at radius 1 is 1.08 bits per heavy atom. The minimum absolute atomic E-state index is 0.00197. The molecule has 0 radical (unpaired) electrons. The normalized spacial score (nSPS) is 25.3. The molecule has 18 heteroatoms. The number of piperidine rings is 1. The molecule has 0 spiro atoms. The Morgan fingerprint density at radius 3 is 2.47 bits per heavy atom. The van der Waals surface area contributed by atoms with E-state index in [1.54, 1.807) is 0 Å². The lowest BCUT2D eigenvalue weighted by Gasteiger charge is -2.42. The number of fused-ring (bicyclic) bond motifs is 3. The molecule has 2 bridgehead atoms. The highest BCUT2D eigenvalue weighted by atomic mass is 32.1. The van der Waals surface area contributed by atoms with Gasteiger partial charge in [0.15, 0.2) is 10.9 Å². The van der Waals surface area contributed by atoms with Crippen molar-refractivity contribution in [1.82, 2.24) is 10.1 Å². The van der Waals surface area contributed by atoms with Crippen LogP contribution in [-0.4, -0.2) is 64.4 Å². The second-order valence-corrected chi connectivity index (χ2v) is 13.3. The van der Waals surface area contributed by atoms with Crippen LogP contribution in [0, 0.1) is 5.82 Å². The summed E-state index contributed by atoms with van der Waals surface area (Å²) in [6.07, 6.45) is -10.2. The van der Waals surface area contributed by atoms with Crippen LogP contribution in [-0.2, 0) is 16.1 Å². The van der Waals surface area contributed by atoms with E-state index in [1.165, 1.54) is 24.3 Å². The number of rotatable bonds is 10. The number of hydrogen-bond donors (Lipinski definition) is 1. The van der Waals surface area contributed by atoms with E-state index in [0.717, 1.165) is 23.5 Å². The lowest BCUT2D eigenvalue weighted by atomic mass is 9.88. The van der Waals surface area contributed by atoms with Gasteiger partial charge in [-0.25, -0.2) is 18.6 Å². The number of aromatic carboxylic acids is 1. The molecular formula is C31H25F8N3O6S. The highest BCUT2D eigenvalue weighted by Crippen LogP contribution is 2.50. The van der Waals surface area contributed by atoms with Gasteiger partial charge >= 0.3 is 18.7 Å². The standard InChI is InChI=1S/C31H25F8N3O6S/c32-20-7-14(27(43)44)8-23-25(20)40-28(49-23)42-15-5-6-16(42)11-29(33,10-15)13-45-12-19-24(17-3-1-2-4-21(17)46-30(34,35)36)41-48-26(19)18-9-22(18)47-31(37,38)39/h1-4,7-8,15-16,18,22H,5-6,9-13H2,(H,43,44). The molecule has 3 aliphatic rings. The lowest BCUT2D eigenvalue weighted by molar-refractivity contribution is -0.330. The molecule has 3 fully saturated rings. The number of anilines is 1. The average Bonchev–Trinajstić information content (AvgIpc) is 3.29. The van der Waals surface area contributed by atoms with Crippen LogP contribution in [0.15, 0.2) is 40.9 Å². The van der Waals surface area contributed by atoms with Crippen LogP contribution in [0.3, 0.4) is 0 Å². The molecule has 4 heterocycles. The van der Waals surface area contributed by atoms with E-state index < -0.39 is 61.2 Å². The number of benzene rings is 2. The summed E-state index contributed by atoms with van der Waals surface area (Å²) < 4.78 is 129. The van der Waals surface area contributed by atoms with E-state index in [9.17, 15) is 40.6 Å². The minimum atomic E-state index is -5.06. The molecule has 4 atom stereocenters. The van der Waals surface area contributed by atoms with Crippen LogP contribution in [0.1, 0.15) is 59.7 Å². The lowest BCUT2D eigenvalue weighted by Crippen LogP contribution is -2.51. The van der Waals surface area contributed by atoms with Gasteiger partial charge in [-0.15, -0.1) is 26.3 Å². The van der Waals surface area contributed by atoms with Gasteiger partial charge < -0.3 is 24.0 Å². The molecule has 2 aromatic carbocycles. The first-order valence-corrected chi connectivity index (χ1v) is 15.9. The van der Waals surface area contributed by atoms with Crippen LogP contribution < -0.4 is 9.64 Å². The van der Waals surface area contributed by atoms with Crippen LogP contribution in [0.2, 0.25) is 0 Å². The molecule has 4 aromatic rings. The van der Waals surface area contributed by atoms with Gasteiger partial charge in [-0.2, -0.15) is 0 Å². The molecular weight excluding hydrogens is 694 g/mol. The summed E-state index contributed by atoms with van der Waals surface area (Å²) in [7, 11) is 0. The molecule has 7 rings (SSSR count). The number of hydrogen-bond acceptors (Lipinski definition) is 9. The first kappa shape index (κ1) is 33.5. The zero-order valence-electron chi connectivity index (χ0n) is 25.0. The number of para-hydroxylation sites is 1. The third kappa shape index (κ3) is 6.90. The highest BCUT2D eigenvalue weighted by Gasteiger charge is 2.52. The molecule has 2 saturated heterocycles. The predicted molar refractivity (Wildman–Crippen MR) is 155 cm³/mol. The summed E-state index contributed by atoms with van der Waals surface area (Å²) in [6, 6.07) is 6.56. The van der Waals surface area contributed by atoms with Gasteiger partial charge in [0.05, 0.1) is 29.6 Å². The Balaban J connectivity index is 1.10. The largest absolute Gasteiger partial charge is 0.573 e. The van der Waals surface area contributed by atoms with Gasteiger partial charge in [0, 0.05) is 42.0 Å². The first-order valence-electron chi connectivity index (χ1n) is 15.0. The van der Waals surface area contributed by atoms with Crippen LogP contribution in [0.5, 0.6) is 5.75 Å². The minimum Gasteiger partial charge on any atom is -0.478 e. The number of alkyl halides is 7. The molecule has 1 N–H and O–H groups in total. The smallest absolute Gasteiger partial charge is 0.478 e. The van der Waals surface area contributed by atoms with Crippen molar-refractivity contribution in [2.24, 2.45) is 0 Å². The third-order valence-electron chi connectivity index (χ3n) is 8.87. The fourth-order valence-electron chi connectivity index (χ4n) is 6.86. The van der Waals surface area contributed by atoms with Gasteiger partial charge in [-0.3, -0.25) is 4.74 Å². The zero-order chi connectivity index (χ0) is 34.9. The Kier molecular flexibility index (Phi) is 8.25. The molecule has 1 saturated carbocycles. The SMILES string of the molecule is O=C(O)c1cc(F)c2nc(N3C4CCC3CC(F)(COCc3c(-c5ccccc5OC(F)(F)F)noc3C3CC3OC(F)(F)F)C4)sc2c1. The van der Waals surface area contributed by atoms with Crippen molar-refractivity contribution in [3.8, 4) is 17.0 Å². The van der Waals surface area contributed by atoms with Crippen molar-refractivity contribution in [3.63, 3.8) is 0 Å². The number of halogens is 8. The van der Waals surface area contributed by atoms with Gasteiger partial charge in [0.25, 0.3) is 0 Å². The van der Waals surface area contributed by atoms with Crippen molar-refractivity contribution in [1.29, 1.82) is 0 Å². The number of thiazole rings is 1. The maximum absolute atomic E-state index is 16.4. The van der Waals surface area contributed by atoms with E-state index in [-0.39, 0.29) is 65.0 Å². The van der Waals surface area contributed by atoms with Crippen molar-refractivity contribution in [2.45, 2.75) is 81.2 Å². The number of carboxylic acids is 1. The van der Waals surface area contributed by atoms with E-state index in [4.69, 9.17) is 9.26 Å². The van der Waals surface area contributed by atoms with Crippen LogP contribution in [0.25, 0.3) is 21.5 Å². The van der Waals surface area contributed by atoms with Gasteiger partial charge in [0.1, 0.15) is 28.4 Å². The zero-order valence-corrected chi connectivity index (χ0v) is 25.8. The summed E-state index contributed by atoms with van der Waals surface area (Å²) in [6.45, 7) is -0.903. The number of carbonyl (C=O) groups is 1. The molecule has 1 aliphatic carbocycles. The topological polar surface area (TPSA) is 107 Å². The first-order chi connectivity index (χ1) is 23.1. The van der Waals surface area contributed by atoms with Crippen LogP contribution in [0.4, 0.5) is 40.3 Å². The Morgan fingerprint density at radius 2 is 1.80 bits per heavy atom. The quantitative estimate of drug-likeness (QED) is 0.163. The third-order valence-corrected chi connectivity index (χ3v) is 9.89. The van der Waals surface area contributed by atoms with Gasteiger partial charge in [0.2, 0.25) is 0 Å². The molecule has 4 unspecified atom stereocenters. The second-order valence-electron chi connectivity index (χ2n) is 12.3. The molecule has 2 aliphatic heterocycles. The van der Waals surface area contributed by atoms with E-state index in [1.807, 2.05) is 4.90 Å². The number of nitrogens with zero attached hydrogens (tertiary/aromatic N) is 3. The summed E-state index contributed by atoms with van der Waals surface area (Å²) in [5.74, 6) is -3.69. The second kappa shape index (κ2) is 12.1. The van der Waals surface area contributed by atoms with Crippen molar-refractivity contribution < 1.29 is 63.8 Å². The Bertz CT molecular complexity index is 1880. The molecule has 9 nitrogen and oxygen atoms in total. The maximum atomic E-state index is 16.4. The number of ether oxygens (including phenoxy) is 3. The fourth-order valence-corrected chi connectivity index (χ4v) is 8.02. The Hall–Kier alpha value is -4.03. The molecule has 0 amide bonds. The Labute approximate surface area is 275 Å². The summed E-state index contributed by atoms with van der Waals surface area (Å²) in [5.41, 5.74) is -2.35. The average molecular weight is 720 g/mol. The maximum Gasteiger partial charge on any atom is 0.573 e. The fraction of sp³-hybridized carbons (Fsp3) is 0.452. The van der Waals surface area contributed by atoms with Crippen LogP contribution >= 0.6 is 11.3 Å². The van der Waals surface area contributed by atoms with Crippen molar-refractivity contribution in [3.05, 3.63) is 59.1 Å². The van der Waals surface area contributed by atoms with E-state index in [2.05, 4.69) is 19.6 Å². The summed E-state index contributed by atoms with van der Waals surface area (Å²) in [5, 5.41) is 13.6. The highest BCUT2D eigenvalue weighted by molar-refractivity contribution is 7.22. The van der Waals surface area contributed by atoms with Gasteiger partial charge in [-0.05, 0) is 43.5 Å².